The monoisotopic (exact) mass is 278 g/mol. The van der Waals surface area contributed by atoms with Crippen molar-refractivity contribution in [2.45, 2.75) is 20.3 Å². The molecular formula is C14H18N2O4. The average molecular weight is 278 g/mol. The number of aliphatic carboxylic acids is 1. The lowest BCUT2D eigenvalue weighted by Gasteiger charge is -2.08. The quantitative estimate of drug-likeness (QED) is 0.490. The molecule has 6 nitrogen and oxygen atoms in total. The number of aryl methyl sites for hydroxylation is 1. The molecule has 108 valence electrons. The van der Waals surface area contributed by atoms with Crippen LogP contribution in [0.25, 0.3) is 0 Å². The highest BCUT2D eigenvalue weighted by Gasteiger charge is 2.03. The van der Waals surface area contributed by atoms with Crippen molar-refractivity contribution in [1.29, 1.82) is 0 Å². The largest absolute Gasteiger partial charge is 0.508 e. The molecule has 0 spiro atoms. The Morgan fingerprint density at radius 3 is 2.65 bits per heavy atom. The summed E-state index contributed by atoms with van der Waals surface area (Å²) in [7, 11) is 0. The molecule has 0 bridgehead atoms. The Labute approximate surface area is 117 Å². The summed E-state index contributed by atoms with van der Waals surface area (Å²) < 4.78 is 0. The molecule has 0 aliphatic rings. The second-order valence-electron chi connectivity index (χ2n) is 4.36. The van der Waals surface area contributed by atoms with Crippen LogP contribution < -0.4 is 10.6 Å². The lowest BCUT2D eigenvalue weighted by atomic mass is 10.2. The molecule has 20 heavy (non-hydrogen) atoms. The molecule has 0 saturated carbocycles. The number of amides is 2. The number of hydrogen-bond acceptors (Lipinski definition) is 3. The minimum absolute atomic E-state index is 0.114. The van der Waals surface area contributed by atoms with Gasteiger partial charge in [0.05, 0.1) is 0 Å². The lowest BCUT2D eigenvalue weighted by Crippen LogP contribution is -2.29. The van der Waals surface area contributed by atoms with Gasteiger partial charge < -0.3 is 20.8 Å². The molecule has 0 saturated heterocycles. The average Bonchev–Trinajstić information content (AvgIpc) is 2.38. The van der Waals surface area contributed by atoms with Gasteiger partial charge in [0.2, 0.25) is 0 Å². The van der Waals surface area contributed by atoms with E-state index in [0.717, 1.165) is 5.56 Å². The fourth-order valence-corrected chi connectivity index (χ4v) is 1.42. The van der Waals surface area contributed by atoms with Crippen LogP contribution in [0.4, 0.5) is 10.5 Å². The van der Waals surface area contributed by atoms with Gasteiger partial charge in [0.25, 0.3) is 0 Å². The number of carbonyl (C=O) groups excluding carboxylic acids is 1. The molecule has 0 unspecified atom stereocenters. The molecule has 0 radical (unpaired) electrons. The number of aromatic hydroxyl groups is 1. The van der Waals surface area contributed by atoms with E-state index in [1.807, 2.05) is 0 Å². The van der Waals surface area contributed by atoms with Crippen LogP contribution >= 0.6 is 0 Å². The molecule has 0 heterocycles. The first-order valence-corrected chi connectivity index (χ1v) is 6.14. The molecule has 0 aliphatic carbocycles. The van der Waals surface area contributed by atoms with Crippen molar-refractivity contribution in [3.05, 3.63) is 35.4 Å². The van der Waals surface area contributed by atoms with E-state index in [4.69, 9.17) is 5.11 Å². The van der Waals surface area contributed by atoms with E-state index in [0.29, 0.717) is 18.7 Å². The number of carboxylic acid groups (broad SMARTS) is 1. The Bertz CT molecular complexity index is 538. The zero-order chi connectivity index (χ0) is 15.1. The van der Waals surface area contributed by atoms with Crippen LogP contribution in [0.1, 0.15) is 18.9 Å². The van der Waals surface area contributed by atoms with Gasteiger partial charge in [0.1, 0.15) is 5.75 Å². The third-order valence-corrected chi connectivity index (χ3v) is 2.68. The summed E-state index contributed by atoms with van der Waals surface area (Å²) in [6, 6.07) is 4.44. The predicted molar refractivity (Wildman–Crippen MR) is 75.9 cm³/mol. The Balaban J connectivity index is 2.39. The van der Waals surface area contributed by atoms with Crippen LogP contribution in [-0.4, -0.2) is 28.8 Å². The first-order valence-electron chi connectivity index (χ1n) is 6.14. The van der Waals surface area contributed by atoms with Crippen molar-refractivity contribution in [2.75, 3.05) is 11.9 Å². The Kier molecular flexibility index (Phi) is 5.58. The van der Waals surface area contributed by atoms with Crippen molar-refractivity contribution in [3.8, 4) is 5.75 Å². The second-order valence-corrected chi connectivity index (χ2v) is 4.36. The van der Waals surface area contributed by atoms with Crippen LogP contribution in [0.15, 0.2) is 29.8 Å². The summed E-state index contributed by atoms with van der Waals surface area (Å²) in [6.45, 7) is 3.59. The zero-order valence-electron chi connectivity index (χ0n) is 11.4. The maximum Gasteiger partial charge on any atom is 0.330 e. The summed E-state index contributed by atoms with van der Waals surface area (Å²) >= 11 is 0. The van der Waals surface area contributed by atoms with Gasteiger partial charge in [0, 0.05) is 23.9 Å². The molecule has 1 aromatic rings. The smallest absolute Gasteiger partial charge is 0.330 e. The van der Waals surface area contributed by atoms with Gasteiger partial charge in [-0.2, -0.15) is 0 Å². The number of phenols is 1. The number of carbonyl (C=O) groups is 2. The molecule has 0 fully saturated rings. The van der Waals surface area contributed by atoms with Crippen LogP contribution in [0, 0.1) is 6.92 Å². The molecule has 1 rings (SSSR count). The Hall–Kier alpha value is -2.50. The van der Waals surface area contributed by atoms with E-state index < -0.39 is 12.0 Å². The Morgan fingerprint density at radius 1 is 1.35 bits per heavy atom. The number of anilines is 1. The Morgan fingerprint density at radius 2 is 2.05 bits per heavy atom. The molecule has 6 heteroatoms. The van der Waals surface area contributed by atoms with E-state index in [9.17, 15) is 14.7 Å². The molecule has 1 aromatic carbocycles. The predicted octanol–water partition coefficient (Wildman–Crippen LogP) is 2.24. The topological polar surface area (TPSA) is 98.7 Å². The van der Waals surface area contributed by atoms with E-state index in [2.05, 4.69) is 10.6 Å². The van der Waals surface area contributed by atoms with Gasteiger partial charge in [-0.15, -0.1) is 0 Å². The van der Waals surface area contributed by atoms with E-state index in [1.165, 1.54) is 13.0 Å². The highest BCUT2D eigenvalue weighted by Crippen LogP contribution is 2.20. The van der Waals surface area contributed by atoms with E-state index >= 15 is 0 Å². The number of carboxylic acids is 1. The number of benzene rings is 1. The third kappa shape index (κ3) is 5.01. The van der Waals surface area contributed by atoms with Gasteiger partial charge in [-0.25, -0.2) is 9.59 Å². The summed E-state index contributed by atoms with van der Waals surface area (Å²) in [5, 5.41) is 23.3. The van der Waals surface area contributed by atoms with Crippen molar-refractivity contribution < 1.29 is 19.8 Å². The summed E-state index contributed by atoms with van der Waals surface area (Å²) in [5.74, 6) is -0.854. The normalized spacial score (nSPS) is 11.0. The van der Waals surface area contributed by atoms with Gasteiger partial charge in [-0.05, 0) is 31.9 Å². The highest BCUT2D eigenvalue weighted by atomic mass is 16.4. The van der Waals surface area contributed by atoms with Crippen LogP contribution in [0.2, 0.25) is 0 Å². The fourth-order valence-electron chi connectivity index (χ4n) is 1.42. The molecular weight excluding hydrogens is 260 g/mol. The minimum Gasteiger partial charge on any atom is -0.508 e. The zero-order valence-corrected chi connectivity index (χ0v) is 11.4. The van der Waals surface area contributed by atoms with Gasteiger partial charge >= 0.3 is 12.0 Å². The van der Waals surface area contributed by atoms with Gasteiger partial charge in [0.15, 0.2) is 0 Å². The van der Waals surface area contributed by atoms with Crippen molar-refractivity contribution in [3.63, 3.8) is 0 Å². The number of urea groups is 1. The molecule has 0 aliphatic heterocycles. The van der Waals surface area contributed by atoms with Crippen LogP contribution in [0.3, 0.4) is 0 Å². The van der Waals surface area contributed by atoms with E-state index in [-0.39, 0.29) is 11.3 Å². The van der Waals surface area contributed by atoms with Crippen LogP contribution in [0.5, 0.6) is 5.75 Å². The van der Waals surface area contributed by atoms with Gasteiger partial charge in [-0.3, -0.25) is 0 Å². The minimum atomic E-state index is -0.968. The van der Waals surface area contributed by atoms with Gasteiger partial charge in [-0.1, -0.05) is 12.1 Å². The molecule has 2 amide bonds. The fraction of sp³-hybridized carbons (Fsp3) is 0.286. The SMILES string of the molecule is C/C(=C\CCNC(=O)Nc1ccc(C)c(O)c1)C(=O)O. The first kappa shape index (κ1) is 15.6. The standard InChI is InChI=1S/C14H18N2O4/c1-9-5-6-11(8-12(9)17)16-14(20)15-7-3-4-10(2)13(18)19/h4-6,8,17H,3,7H2,1-2H3,(H,18,19)(H2,15,16,20)/b10-4+. The summed E-state index contributed by atoms with van der Waals surface area (Å²) in [5.41, 5.74) is 1.46. The van der Waals surface area contributed by atoms with Crippen LogP contribution in [-0.2, 0) is 4.79 Å². The molecule has 0 aromatic heterocycles. The highest BCUT2D eigenvalue weighted by molar-refractivity contribution is 5.89. The number of rotatable bonds is 5. The second kappa shape index (κ2) is 7.18. The number of nitrogens with one attached hydrogen (secondary N) is 2. The maximum atomic E-state index is 11.5. The number of phenolic OH excluding ortho intramolecular Hbond substituents is 1. The molecule has 0 atom stereocenters. The first-order chi connectivity index (χ1) is 9.40. The van der Waals surface area contributed by atoms with Crippen molar-refractivity contribution in [1.82, 2.24) is 5.32 Å². The summed E-state index contributed by atoms with van der Waals surface area (Å²) in [4.78, 5) is 22.1. The van der Waals surface area contributed by atoms with Crippen molar-refractivity contribution in [2.24, 2.45) is 0 Å². The summed E-state index contributed by atoms with van der Waals surface area (Å²) in [6.07, 6.45) is 1.98. The molecule has 4 N–H and O–H groups in total. The number of hydrogen-bond donors (Lipinski definition) is 4. The van der Waals surface area contributed by atoms with Crippen molar-refractivity contribution >= 4 is 17.7 Å². The lowest BCUT2D eigenvalue weighted by molar-refractivity contribution is -0.132. The third-order valence-electron chi connectivity index (χ3n) is 2.68. The maximum absolute atomic E-state index is 11.5. The van der Waals surface area contributed by atoms with E-state index in [1.54, 1.807) is 25.1 Å².